The van der Waals surface area contributed by atoms with E-state index in [4.69, 9.17) is 9.47 Å². The van der Waals surface area contributed by atoms with Crippen LogP contribution in [0.15, 0.2) is 121 Å². The largest absolute Gasteiger partial charge is 0.444 e. The summed E-state index contributed by atoms with van der Waals surface area (Å²) >= 11 is 0. The summed E-state index contributed by atoms with van der Waals surface area (Å²) in [5.74, 6) is -1.50. The first kappa shape index (κ1) is 57.9. The molecule has 0 aliphatic heterocycles. The Morgan fingerprint density at radius 2 is 0.583 bits per heavy atom. The van der Waals surface area contributed by atoms with Crippen LogP contribution >= 0.6 is 0 Å². The third kappa shape index (κ3) is 24.4. The molecule has 6 amide bonds. The molecule has 0 spiro atoms. The fourth-order valence-corrected chi connectivity index (χ4v) is 8.01. The summed E-state index contributed by atoms with van der Waals surface area (Å²) in [6, 6.07) is 34.2. The van der Waals surface area contributed by atoms with Crippen molar-refractivity contribution in [2.75, 3.05) is 13.1 Å². The lowest BCUT2D eigenvalue weighted by atomic mass is 10.0. The van der Waals surface area contributed by atoms with Gasteiger partial charge in [0.2, 0.25) is 23.6 Å². The fraction of sp³-hybridized carbons (Fsp3) is 0.483. The SMILES string of the molecule is CC(C)(C)OC(=O)N[C@@H](Cc1ccccc1)C(=O)N[C@@H](Cc1ccccc1)C(=O)NCCCCCCCCCCCCNC(=O)[C@H](Cc1ccccc1)NC(=O)[C@H](Cc1ccccc1)NC(=O)OC(C)(C)C. The maximum atomic E-state index is 13.8. The zero-order chi connectivity index (χ0) is 52.2. The number of carbonyl (C=O) groups excluding carboxylic acids is 6. The molecule has 72 heavy (non-hydrogen) atoms. The van der Waals surface area contributed by atoms with E-state index in [1.807, 2.05) is 121 Å². The first-order chi connectivity index (χ1) is 34.4. The molecule has 0 radical (unpaired) electrons. The van der Waals surface area contributed by atoms with Crippen molar-refractivity contribution in [3.63, 3.8) is 0 Å². The summed E-state index contributed by atoms with van der Waals surface area (Å²) < 4.78 is 10.9. The molecule has 0 bridgehead atoms. The van der Waals surface area contributed by atoms with Crippen molar-refractivity contribution >= 4 is 35.8 Å². The predicted molar refractivity (Wildman–Crippen MR) is 283 cm³/mol. The maximum Gasteiger partial charge on any atom is 0.408 e. The Kier molecular flexibility index (Phi) is 24.8. The van der Waals surface area contributed by atoms with Gasteiger partial charge in [-0.05, 0) is 76.6 Å². The molecule has 14 heteroatoms. The third-order valence-electron chi connectivity index (χ3n) is 11.6. The summed E-state index contributed by atoms with van der Waals surface area (Å²) in [5.41, 5.74) is 2.01. The monoisotopic (exact) mass is 989 g/mol. The molecule has 0 aromatic heterocycles. The van der Waals surface area contributed by atoms with Crippen molar-refractivity contribution in [3.05, 3.63) is 144 Å². The number of ether oxygens (including phenoxy) is 2. The highest BCUT2D eigenvalue weighted by molar-refractivity contribution is 5.92. The molecule has 0 aliphatic carbocycles. The number of unbranched alkanes of at least 4 members (excludes halogenated alkanes) is 9. The number of hydrogen-bond donors (Lipinski definition) is 6. The molecule has 0 saturated carbocycles. The van der Waals surface area contributed by atoms with Crippen LogP contribution in [-0.2, 0) is 54.3 Å². The molecule has 0 fully saturated rings. The summed E-state index contributed by atoms with van der Waals surface area (Å²) in [6.45, 7) is 11.5. The molecule has 6 N–H and O–H groups in total. The number of hydrogen-bond acceptors (Lipinski definition) is 8. The molecular weight excluding hydrogens is 909 g/mol. The van der Waals surface area contributed by atoms with Crippen LogP contribution < -0.4 is 31.9 Å². The van der Waals surface area contributed by atoms with E-state index in [9.17, 15) is 28.8 Å². The van der Waals surface area contributed by atoms with Gasteiger partial charge in [-0.25, -0.2) is 9.59 Å². The second-order valence-corrected chi connectivity index (χ2v) is 20.4. The van der Waals surface area contributed by atoms with Crippen molar-refractivity contribution in [2.24, 2.45) is 0 Å². The Bertz CT molecular complexity index is 2070. The van der Waals surface area contributed by atoms with Gasteiger partial charge in [0.15, 0.2) is 0 Å². The first-order valence-corrected chi connectivity index (χ1v) is 25.7. The molecule has 0 aliphatic rings. The average Bonchev–Trinajstić information content (AvgIpc) is 3.33. The third-order valence-corrected chi connectivity index (χ3v) is 11.6. The first-order valence-electron chi connectivity index (χ1n) is 25.7. The van der Waals surface area contributed by atoms with E-state index in [-0.39, 0.29) is 24.7 Å². The zero-order valence-corrected chi connectivity index (χ0v) is 43.4. The molecule has 0 heterocycles. The van der Waals surface area contributed by atoms with Crippen molar-refractivity contribution in [2.45, 2.75) is 167 Å². The number of carbonyl (C=O) groups is 6. The van der Waals surface area contributed by atoms with Gasteiger partial charge in [-0.15, -0.1) is 0 Å². The minimum absolute atomic E-state index is 0.225. The van der Waals surface area contributed by atoms with Gasteiger partial charge in [0.25, 0.3) is 0 Å². The molecule has 14 nitrogen and oxygen atoms in total. The van der Waals surface area contributed by atoms with Crippen molar-refractivity contribution in [1.82, 2.24) is 31.9 Å². The molecule has 4 atom stereocenters. The second kappa shape index (κ2) is 30.9. The lowest BCUT2D eigenvalue weighted by molar-refractivity contribution is -0.130. The summed E-state index contributed by atoms with van der Waals surface area (Å²) in [4.78, 5) is 80.3. The van der Waals surface area contributed by atoms with Crippen LogP contribution in [0.3, 0.4) is 0 Å². The summed E-state index contributed by atoms with van der Waals surface area (Å²) in [5, 5.41) is 17.4. The van der Waals surface area contributed by atoms with Crippen LogP contribution in [0.2, 0.25) is 0 Å². The molecule has 0 unspecified atom stereocenters. The Balaban J connectivity index is 1.15. The molecule has 4 rings (SSSR count). The number of alkyl carbamates (subject to hydrolysis) is 2. The van der Waals surface area contributed by atoms with Crippen molar-refractivity contribution < 1.29 is 38.2 Å². The lowest BCUT2D eigenvalue weighted by Crippen LogP contribution is -2.55. The van der Waals surface area contributed by atoms with Crippen LogP contribution in [0.4, 0.5) is 9.59 Å². The van der Waals surface area contributed by atoms with Gasteiger partial charge < -0.3 is 41.4 Å². The number of amides is 6. The van der Waals surface area contributed by atoms with Gasteiger partial charge in [0, 0.05) is 38.8 Å². The zero-order valence-electron chi connectivity index (χ0n) is 43.4. The van der Waals surface area contributed by atoms with Crippen molar-refractivity contribution in [1.29, 1.82) is 0 Å². The molecule has 4 aromatic carbocycles. The second-order valence-electron chi connectivity index (χ2n) is 20.4. The normalized spacial score (nSPS) is 13.0. The number of benzene rings is 4. The number of nitrogens with one attached hydrogen (secondary N) is 6. The smallest absolute Gasteiger partial charge is 0.408 e. The highest BCUT2D eigenvalue weighted by Crippen LogP contribution is 2.14. The minimum atomic E-state index is -0.962. The lowest BCUT2D eigenvalue weighted by Gasteiger charge is -2.25. The minimum Gasteiger partial charge on any atom is -0.444 e. The topological polar surface area (TPSA) is 193 Å². The highest BCUT2D eigenvalue weighted by Gasteiger charge is 2.31. The molecule has 0 saturated heterocycles. The predicted octanol–water partition coefficient (Wildman–Crippen LogP) is 8.85. The van der Waals surface area contributed by atoms with E-state index < -0.39 is 59.4 Å². The standard InChI is InChI=1S/C58H80N6O8/c1-57(2,3)71-55(69)63-49(41-45-33-23-17-24-34-45)53(67)61-47(39-43-29-19-15-20-30-43)51(65)59-37-27-13-11-9-7-8-10-12-14-28-38-60-52(66)48(40-44-31-21-16-22-32-44)62-54(68)50(42-46-35-25-18-26-36-46)64-56(70)72-58(4,5)6/h15-26,29-36,47-50H,7-14,27-28,37-42H2,1-6H3,(H,59,65)(H,60,66)(H,61,67)(H,62,68)(H,63,69)(H,64,70)/t47-,48-,49-,50-/m0/s1. The maximum absolute atomic E-state index is 13.8. The molecule has 390 valence electrons. The van der Waals surface area contributed by atoms with Crippen LogP contribution in [0.25, 0.3) is 0 Å². The van der Waals surface area contributed by atoms with Gasteiger partial charge in [-0.2, -0.15) is 0 Å². The van der Waals surface area contributed by atoms with E-state index in [0.717, 1.165) is 86.5 Å². The molecular formula is C58H80N6O8. The van der Waals surface area contributed by atoms with Gasteiger partial charge >= 0.3 is 12.2 Å². The Morgan fingerprint density at radius 3 is 0.833 bits per heavy atom. The molecule has 4 aromatic rings. The van der Waals surface area contributed by atoms with Gasteiger partial charge in [-0.1, -0.05) is 173 Å². The van der Waals surface area contributed by atoms with E-state index in [0.29, 0.717) is 25.9 Å². The van der Waals surface area contributed by atoms with Crippen LogP contribution in [-0.4, -0.2) is 84.3 Å². The average molecular weight is 989 g/mol. The quantitative estimate of drug-likeness (QED) is 0.0291. The van der Waals surface area contributed by atoms with E-state index in [2.05, 4.69) is 31.9 Å². The highest BCUT2D eigenvalue weighted by atomic mass is 16.6. The Hall–Kier alpha value is -6.70. The number of rotatable bonds is 29. The van der Waals surface area contributed by atoms with E-state index >= 15 is 0 Å². The van der Waals surface area contributed by atoms with Gasteiger partial charge in [0.05, 0.1) is 0 Å². The van der Waals surface area contributed by atoms with Gasteiger partial charge in [0.1, 0.15) is 35.4 Å². The van der Waals surface area contributed by atoms with Crippen LogP contribution in [0.5, 0.6) is 0 Å². The van der Waals surface area contributed by atoms with Crippen LogP contribution in [0, 0.1) is 0 Å². The fourth-order valence-electron chi connectivity index (χ4n) is 8.01. The van der Waals surface area contributed by atoms with E-state index in [1.54, 1.807) is 41.5 Å². The summed E-state index contributed by atoms with van der Waals surface area (Å²) in [7, 11) is 0. The Labute approximate surface area is 428 Å². The summed E-state index contributed by atoms with van der Waals surface area (Å²) in [6.07, 6.45) is 9.70. The Morgan fingerprint density at radius 1 is 0.347 bits per heavy atom. The van der Waals surface area contributed by atoms with Crippen molar-refractivity contribution in [3.8, 4) is 0 Å². The van der Waals surface area contributed by atoms with Crippen LogP contribution in [0.1, 0.15) is 128 Å². The van der Waals surface area contributed by atoms with E-state index in [1.165, 1.54) is 0 Å². The van der Waals surface area contributed by atoms with Gasteiger partial charge in [-0.3, -0.25) is 19.2 Å².